The Balaban J connectivity index is 1.37. The molecule has 1 N–H and O–H groups in total. The molecule has 180 valence electrons. The molecule has 2 atom stereocenters. The molecule has 4 rings (SSSR count). The van der Waals surface area contributed by atoms with Gasteiger partial charge in [-0.1, -0.05) is 30.3 Å². The highest BCUT2D eigenvalue weighted by atomic mass is 19.4. The zero-order valence-electron chi connectivity index (χ0n) is 18.7. The summed E-state index contributed by atoms with van der Waals surface area (Å²) in [5.74, 6) is -0.530. The maximum atomic E-state index is 13.4. The van der Waals surface area contributed by atoms with Crippen molar-refractivity contribution in [1.29, 1.82) is 0 Å². The third-order valence-electron chi connectivity index (χ3n) is 5.70. The first-order valence-electron chi connectivity index (χ1n) is 10.8. The van der Waals surface area contributed by atoms with E-state index in [2.05, 4.69) is 15.4 Å². The van der Waals surface area contributed by atoms with Gasteiger partial charge in [0.25, 0.3) is 0 Å². The summed E-state index contributed by atoms with van der Waals surface area (Å²) in [4.78, 5) is 30.6. The van der Waals surface area contributed by atoms with Crippen molar-refractivity contribution in [3.05, 3.63) is 65.1 Å². The van der Waals surface area contributed by atoms with Crippen molar-refractivity contribution in [2.24, 2.45) is 0 Å². The second-order valence-corrected chi connectivity index (χ2v) is 8.32. The maximum absolute atomic E-state index is 13.4. The molecular weight excluding hydrogens is 451 g/mol. The summed E-state index contributed by atoms with van der Waals surface area (Å²) in [6, 6.07) is 10.8. The third kappa shape index (κ3) is 5.13. The Kier molecular flexibility index (Phi) is 6.45. The van der Waals surface area contributed by atoms with E-state index in [0.717, 1.165) is 16.1 Å². The Bertz CT molecular complexity index is 1200. The number of rotatable bonds is 5. The van der Waals surface area contributed by atoms with E-state index in [0.29, 0.717) is 18.7 Å². The van der Waals surface area contributed by atoms with Crippen molar-refractivity contribution >= 4 is 17.6 Å². The van der Waals surface area contributed by atoms with Gasteiger partial charge in [-0.25, -0.2) is 14.3 Å². The molecule has 11 heteroatoms. The van der Waals surface area contributed by atoms with E-state index < -0.39 is 24.0 Å². The number of alkyl carbamates (subject to hydrolysis) is 1. The van der Waals surface area contributed by atoms with Gasteiger partial charge >= 0.3 is 12.3 Å². The molecule has 0 unspecified atom stereocenters. The van der Waals surface area contributed by atoms with Gasteiger partial charge in [-0.15, -0.1) is 0 Å². The SMILES string of the molecule is Cc1cc(C(F)(F)F)n2nc([C@@H]3CCN(C(=O)[C@H](C)NC(=O)OCc4ccccc4)C3)cc2n1. The van der Waals surface area contributed by atoms with Gasteiger partial charge in [0.2, 0.25) is 5.91 Å². The van der Waals surface area contributed by atoms with E-state index in [1.165, 1.54) is 13.0 Å². The van der Waals surface area contributed by atoms with Gasteiger partial charge in [0.05, 0.1) is 5.69 Å². The van der Waals surface area contributed by atoms with Crippen LogP contribution in [0.1, 0.15) is 41.9 Å². The standard InChI is InChI=1S/C23H24F3N5O3/c1-14-10-19(23(24,25)26)31-20(27-14)11-18(29-31)17-8-9-30(12-17)21(32)15(2)28-22(33)34-13-16-6-4-3-5-7-16/h3-7,10-11,15,17H,8-9,12-13H2,1-2H3,(H,28,33)/t15-,17+/m0/s1. The van der Waals surface area contributed by atoms with Gasteiger partial charge in [-0.05, 0) is 31.9 Å². The number of alkyl halides is 3. The lowest BCUT2D eigenvalue weighted by Crippen LogP contribution is -2.46. The van der Waals surface area contributed by atoms with E-state index in [1.54, 1.807) is 11.8 Å². The molecule has 2 amide bonds. The van der Waals surface area contributed by atoms with Crippen LogP contribution >= 0.6 is 0 Å². The lowest BCUT2D eigenvalue weighted by molar-refractivity contribution is -0.142. The van der Waals surface area contributed by atoms with Gasteiger partial charge in [0, 0.05) is 30.8 Å². The number of nitrogens with zero attached hydrogens (tertiary/aromatic N) is 4. The first-order chi connectivity index (χ1) is 16.1. The summed E-state index contributed by atoms with van der Waals surface area (Å²) in [6.45, 7) is 3.83. The molecule has 0 spiro atoms. The van der Waals surface area contributed by atoms with Crippen molar-refractivity contribution in [3.63, 3.8) is 0 Å². The van der Waals surface area contributed by atoms with E-state index >= 15 is 0 Å². The fourth-order valence-corrected chi connectivity index (χ4v) is 4.00. The minimum atomic E-state index is -4.57. The lowest BCUT2D eigenvalue weighted by atomic mass is 10.1. The Hall–Kier alpha value is -3.63. The smallest absolute Gasteiger partial charge is 0.433 e. The highest BCUT2D eigenvalue weighted by molar-refractivity contribution is 5.85. The first-order valence-corrected chi connectivity index (χ1v) is 10.8. The highest BCUT2D eigenvalue weighted by Gasteiger charge is 2.36. The Labute approximate surface area is 193 Å². The summed E-state index contributed by atoms with van der Waals surface area (Å²) in [7, 11) is 0. The third-order valence-corrected chi connectivity index (χ3v) is 5.70. The van der Waals surface area contributed by atoms with Crippen LogP contribution in [0.25, 0.3) is 5.65 Å². The second-order valence-electron chi connectivity index (χ2n) is 8.32. The van der Waals surface area contributed by atoms with Crippen LogP contribution < -0.4 is 5.32 Å². The molecule has 0 aliphatic carbocycles. The predicted octanol–water partition coefficient (Wildman–Crippen LogP) is 3.69. The first kappa shape index (κ1) is 23.5. The number of hydrogen-bond donors (Lipinski definition) is 1. The maximum Gasteiger partial charge on any atom is 0.433 e. The summed E-state index contributed by atoms with van der Waals surface area (Å²) in [5.41, 5.74) is 0.738. The molecule has 0 radical (unpaired) electrons. The number of aryl methyl sites for hydroxylation is 1. The number of carbonyl (C=O) groups is 2. The topological polar surface area (TPSA) is 88.8 Å². The number of carbonyl (C=O) groups excluding carboxylic acids is 2. The molecule has 0 saturated carbocycles. The highest BCUT2D eigenvalue weighted by Crippen LogP contribution is 2.32. The minimum absolute atomic E-state index is 0.0840. The number of ether oxygens (including phenoxy) is 1. The van der Waals surface area contributed by atoms with Gasteiger partial charge in [-0.2, -0.15) is 18.3 Å². The van der Waals surface area contributed by atoms with Crippen molar-refractivity contribution in [2.75, 3.05) is 13.1 Å². The molecule has 3 heterocycles. The molecule has 34 heavy (non-hydrogen) atoms. The van der Waals surface area contributed by atoms with E-state index in [4.69, 9.17) is 4.74 Å². The van der Waals surface area contributed by atoms with Gasteiger partial charge < -0.3 is 15.0 Å². The fraction of sp³-hybridized carbons (Fsp3) is 0.391. The van der Waals surface area contributed by atoms with Crippen molar-refractivity contribution in [2.45, 2.75) is 45.0 Å². The molecule has 3 aromatic rings. The van der Waals surface area contributed by atoms with Crippen molar-refractivity contribution in [1.82, 2.24) is 24.8 Å². The second kappa shape index (κ2) is 9.32. The van der Waals surface area contributed by atoms with Crippen molar-refractivity contribution in [3.8, 4) is 0 Å². The Morgan fingerprint density at radius 1 is 1.24 bits per heavy atom. The molecule has 1 fully saturated rings. The number of benzene rings is 1. The lowest BCUT2D eigenvalue weighted by Gasteiger charge is -2.21. The number of likely N-dealkylation sites (tertiary alicyclic amines) is 1. The normalized spacial score (nSPS) is 17.1. The zero-order valence-corrected chi connectivity index (χ0v) is 18.7. The van der Waals surface area contributed by atoms with Crippen LogP contribution in [0.3, 0.4) is 0 Å². The predicted molar refractivity (Wildman–Crippen MR) is 116 cm³/mol. The molecule has 8 nitrogen and oxygen atoms in total. The van der Waals surface area contributed by atoms with Crippen molar-refractivity contribution < 1.29 is 27.5 Å². The summed E-state index contributed by atoms with van der Waals surface area (Å²) in [5, 5.41) is 6.67. The van der Waals surface area contributed by atoms with Gasteiger partial charge in [-0.3, -0.25) is 4.79 Å². The average molecular weight is 475 g/mol. The van der Waals surface area contributed by atoms with Crippen LogP contribution in [0.2, 0.25) is 0 Å². The van der Waals surface area contributed by atoms with Gasteiger partial charge in [0.1, 0.15) is 18.3 Å². The molecule has 1 aromatic carbocycles. The quantitative estimate of drug-likeness (QED) is 0.608. The number of hydrogen-bond acceptors (Lipinski definition) is 5. The molecular formula is C23H24F3N5O3. The minimum Gasteiger partial charge on any atom is -0.445 e. The molecule has 1 saturated heterocycles. The summed E-state index contributed by atoms with van der Waals surface area (Å²) >= 11 is 0. The average Bonchev–Trinajstić information content (AvgIpc) is 3.43. The summed E-state index contributed by atoms with van der Waals surface area (Å²) < 4.78 is 46.2. The molecule has 1 aliphatic rings. The number of fused-ring (bicyclic) bond motifs is 1. The monoisotopic (exact) mass is 475 g/mol. The largest absolute Gasteiger partial charge is 0.445 e. The van der Waals surface area contributed by atoms with Crippen LogP contribution in [0.5, 0.6) is 0 Å². The van der Waals surface area contributed by atoms with E-state index in [-0.39, 0.29) is 36.3 Å². The Morgan fingerprint density at radius 3 is 2.68 bits per heavy atom. The number of aromatic nitrogens is 3. The fourth-order valence-electron chi connectivity index (χ4n) is 4.00. The van der Waals surface area contributed by atoms with E-state index in [1.807, 2.05) is 30.3 Å². The van der Waals surface area contributed by atoms with E-state index in [9.17, 15) is 22.8 Å². The van der Waals surface area contributed by atoms with Crippen LogP contribution in [-0.4, -0.2) is 50.6 Å². The molecule has 0 bridgehead atoms. The van der Waals surface area contributed by atoms with Crippen LogP contribution in [-0.2, 0) is 22.3 Å². The van der Waals surface area contributed by atoms with Gasteiger partial charge in [0.15, 0.2) is 5.65 Å². The van der Waals surface area contributed by atoms with Crippen LogP contribution in [0.15, 0.2) is 42.5 Å². The molecule has 1 aliphatic heterocycles. The number of nitrogens with one attached hydrogen (secondary N) is 1. The zero-order chi connectivity index (χ0) is 24.5. The van der Waals surface area contributed by atoms with Crippen LogP contribution in [0, 0.1) is 6.92 Å². The Morgan fingerprint density at radius 2 is 1.97 bits per heavy atom. The molecule has 2 aromatic heterocycles. The van der Waals surface area contributed by atoms with Crippen LogP contribution in [0.4, 0.5) is 18.0 Å². The number of amides is 2. The summed E-state index contributed by atoms with van der Waals surface area (Å²) in [6.07, 6.45) is -4.73. The number of halogens is 3.